The van der Waals surface area contributed by atoms with Crippen LogP contribution in [0.1, 0.15) is 45.2 Å². The summed E-state index contributed by atoms with van der Waals surface area (Å²) >= 11 is 0. The largest absolute Gasteiger partial charge is 0.316 e. The molecular formula is C14H25N3. The van der Waals surface area contributed by atoms with Crippen molar-refractivity contribution in [2.75, 3.05) is 13.1 Å². The number of hydrogen-bond acceptors (Lipinski definition) is 2. The lowest BCUT2D eigenvalue weighted by Crippen LogP contribution is -2.36. The molecule has 0 aliphatic heterocycles. The Balaban J connectivity index is 1.86. The molecule has 0 aromatic carbocycles. The summed E-state index contributed by atoms with van der Waals surface area (Å²) in [6, 6.07) is 2.20. The average Bonchev–Trinajstić information content (AvgIpc) is 2.70. The SMILES string of the molecule is CCn1nccc1C1CCC1CNCC(C)C. The third kappa shape index (κ3) is 2.89. The van der Waals surface area contributed by atoms with Gasteiger partial charge < -0.3 is 5.32 Å². The maximum Gasteiger partial charge on any atom is 0.0492 e. The average molecular weight is 235 g/mol. The number of nitrogens with one attached hydrogen (secondary N) is 1. The van der Waals surface area contributed by atoms with Crippen LogP contribution in [0.15, 0.2) is 12.3 Å². The molecule has 3 nitrogen and oxygen atoms in total. The molecular weight excluding hydrogens is 210 g/mol. The zero-order chi connectivity index (χ0) is 12.3. The Bertz CT molecular complexity index is 343. The van der Waals surface area contributed by atoms with Gasteiger partial charge in [-0.1, -0.05) is 13.8 Å². The van der Waals surface area contributed by atoms with E-state index in [1.54, 1.807) is 0 Å². The van der Waals surface area contributed by atoms with Crippen LogP contribution in [-0.4, -0.2) is 22.9 Å². The molecule has 3 heteroatoms. The molecule has 1 heterocycles. The molecule has 1 aromatic rings. The quantitative estimate of drug-likeness (QED) is 0.821. The van der Waals surface area contributed by atoms with Crippen molar-refractivity contribution in [2.24, 2.45) is 11.8 Å². The van der Waals surface area contributed by atoms with E-state index in [1.165, 1.54) is 18.5 Å². The van der Waals surface area contributed by atoms with E-state index in [1.807, 2.05) is 6.20 Å². The molecule has 0 radical (unpaired) electrons. The first-order valence-electron chi connectivity index (χ1n) is 6.94. The van der Waals surface area contributed by atoms with Crippen molar-refractivity contribution in [1.29, 1.82) is 0 Å². The fourth-order valence-corrected chi connectivity index (χ4v) is 2.68. The molecule has 2 atom stereocenters. The van der Waals surface area contributed by atoms with Crippen LogP contribution in [0.5, 0.6) is 0 Å². The second-order valence-corrected chi connectivity index (χ2v) is 5.57. The van der Waals surface area contributed by atoms with Crippen molar-refractivity contribution in [3.05, 3.63) is 18.0 Å². The van der Waals surface area contributed by atoms with E-state index in [4.69, 9.17) is 0 Å². The Hall–Kier alpha value is -0.830. The molecule has 1 fully saturated rings. The lowest BCUT2D eigenvalue weighted by atomic mass is 9.71. The molecule has 0 saturated heterocycles. The number of hydrogen-bond donors (Lipinski definition) is 1. The highest BCUT2D eigenvalue weighted by molar-refractivity contribution is 5.13. The first-order chi connectivity index (χ1) is 8.22. The van der Waals surface area contributed by atoms with Crippen molar-refractivity contribution in [1.82, 2.24) is 15.1 Å². The van der Waals surface area contributed by atoms with Crippen LogP contribution in [0, 0.1) is 11.8 Å². The summed E-state index contributed by atoms with van der Waals surface area (Å²) < 4.78 is 2.15. The lowest BCUT2D eigenvalue weighted by molar-refractivity contribution is 0.232. The summed E-state index contributed by atoms with van der Waals surface area (Å²) in [6.45, 7) is 9.98. The molecule has 1 aliphatic rings. The summed E-state index contributed by atoms with van der Waals surface area (Å²) in [7, 11) is 0. The molecule has 1 saturated carbocycles. The van der Waals surface area contributed by atoms with Crippen LogP contribution in [-0.2, 0) is 6.54 Å². The third-order valence-electron chi connectivity index (χ3n) is 3.81. The van der Waals surface area contributed by atoms with E-state index >= 15 is 0 Å². The van der Waals surface area contributed by atoms with Crippen LogP contribution in [0.25, 0.3) is 0 Å². The molecule has 0 spiro atoms. The van der Waals surface area contributed by atoms with E-state index in [0.717, 1.165) is 37.4 Å². The minimum atomic E-state index is 0.733. The Kier molecular flexibility index (Phi) is 4.21. The summed E-state index contributed by atoms with van der Waals surface area (Å²) in [4.78, 5) is 0. The van der Waals surface area contributed by atoms with Gasteiger partial charge in [-0.25, -0.2) is 0 Å². The summed E-state index contributed by atoms with van der Waals surface area (Å²) in [6.07, 6.45) is 4.64. The van der Waals surface area contributed by atoms with Crippen LogP contribution >= 0.6 is 0 Å². The third-order valence-corrected chi connectivity index (χ3v) is 3.81. The van der Waals surface area contributed by atoms with E-state index < -0.39 is 0 Å². The molecule has 17 heavy (non-hydrogen) atoms. The molecule has 96 valence electrons. The predicted octanol–water partition coefficient (Wildman–Crippen LogP) is 2.64. The van der Waals surface area contributed by atoms with E-state index in [0.29, 0.717) is 0 Å². The van der Waals surface area contributed by atoms with Crippen LogP contribution in [0.4, 0.5) is 0 Å². The minimum absolute atomic E-state index is 0.733. The monoisotopic (exact) mass is 235 g/mol. The maximum atomic E-state index is 4.38. The van der Waals surface area contributed by atoms with Gasteiger partial charge in [0, 0.05) is 24.4 Å². The summed E-state index contributed by atoms with van der Waals surface area (Å²) in [5, 5.41) is 7.96. The van der Waals surface area contributed by atoms with Gasteiger partial charge in [0.1, 0.15) is 0 Å². The normalized spacial score (nSPS) is 24.0. The number of rotatable bonds is 6. The zero-order valence-corrected chi connectivity index (χ0v) is 11.3. The van der Waals surface area contributed by atoms with Gasteiger partial charge >= 0.3 is 0 Å². The zero-order valence-electron chi connectivity index (χ0n) is 11.3. The van der Waals surface area contributed by atoms with Crippen molar-refractivity contribution >= 4 is 0 Å². The second kappa shape index (κ2) is 5.67. The Morgan fingerprint density at radius 1 is 1.47 bits per heavy atom. The Morgan fingerprint density at radius 2 is 2.29 bits per heavy atom. The highest BCUT2D eigenvalue weighted by atomic mass is 15.3. The van der Waals surface area contributed by atoms with E-state index in [-0.39, 0.29) is 0 Å². The fourth-order valence-electron chi connectivity index (χ4n) is 2.68. The maximum absolute atomic E-state index is 4.38. The van der Waals surface area contributed by atoms with Gasteiger partial charge in [0.2, 0.25) is 0 Å². The Labute approximate surface area is 105 Å². The van der Waals surface area contributed by atoms with Crippen LogP contribution in [0.2, 0.25) is 0 Å². The molecule has 0 amide bonds. The van der Waals surface area contributed by atoms with Gasteiger partial charge in [0.25, 0.3) is 0 Å². The van der Waals surface area contributed by atoms with Crippen LogP contribution < -0.4 is 5.32 Å². The number of nitrogens with zero attached hydrogens (tertiary/aromatic N) is 2. The number of aryl methyl sites for hydroxylation is 1. The lowest BCUT2D eigenvalue weighted by Gasteiger charge is -2.37. The Morgan fingerprint density at radius 3 is 2.88 bits per heavy atom. The standard InChI is InChI=1S/C14H25N3/c1-4-17-14(7-8-16-17)13-6-5-12(13)10-15-9-11(2)3/h7-8,11-13,15H,4-6,9-10H2,1-3H3. The van der Waals surface area contributed by atoms with E-state index in [9.17, 15) is 0 Å². The van der Waals surface area contributed by atoms with Gasteiger partial charge in [0.15, 0.2) is 0 Å². The van der Waals surface area contributed by atoms with Gasteiger partial charge in [-0.05, 0) is 50.8 Å². The smallest absolute Gasteiger partial charge is 0.0492 e. The second-order valence-electron chi connectivity index (χ2n) is 5.57. The van der Waals surface area contributed by atoms with Crippen molar-refractivity contribution in [3.8, 4) is 0 Å². The fraction of sp³-hybridized carbons (Fsp3) is 0.786. The van der Waals surface area contributed by atoms with Crippen molar-refractivity contribution < 1.29 is 0 Å². The van der Waals surface area contributed by atoms with Gasteiger partial charge in [-0.3, -0.25) is 4.68 Å². The molecule has 1 aromatic heterocycles. The van der Waals surface area contributed by atoms with E-state index in [2.05, 4.69) is 41.9 Å². The highest BCUT2D eigenvalue weighted by Gasteiger charge is 2.33. The van der Waals surface area contributed by atoms with Gasteiger partial charge in [-0.15, -0.1) is 0 Å². The topological polar surface area (TPSA) is 29.9 Å². The van der Waals surface area contributed by atoms with Gasteiger partial charge in [-0.2, -0.15) is 5.10 Å². The molecule has 0 bridgehead atoms. The summed E-state index contributed by atoms with van der Waals surface area (Å²) in [5.74, 6) is 2.29. The number of aromatic nitrogens is 2. The molecule has 1 aliphatic carbocycles. The minimum Gasteiger partial charge on any atom is -0.316 e. The molecule has 2 rings (SSSR count). The van der Waals surface area contributed by atoms with Gasteiger partial charge in [0.05, 0.1) is 0 Å². The highest BCUT2D eigenvalue weighted by Crippen LogP contribution is 2.41. The summed E-state index contributed by atoms with van der Waals surface area (Å²) in [5.41, 5.74) is 1.44. The molecule has 2 unspecified atom stereocenters. The molecule has 1 N–H and O–H groups in total. The van der Waals surface area contributed by atoms with Crippen molar-refractivity contribution in [3.63, 3.8) is 0 Å². The first kappa shape index (κ1) is 12.6. The first-order valence-corrected chi connectivity index (χ1v) is 6.94. The van der Waals surface area contributed by atoms with Crippen LogP contribution in [0.3, 0.4) is 0 Å². The van der Waals surface area contributed by atoms with Crippen molar-refractivity contribution in [2.45, 2.75) is 46.1 Å². The predicted molar refractivity (Wildman–Crippen MR) is 71.1 cm³/mol.